The fourth-order valence-electron chi connectivity index (χ4n) is 2.81. The van der Waals surface area contributed by atoms with E-state index in [4.69, 9.17) is 0 Å². The van der Waals surface area contributed by atoms with Crippen molar-refractivity contribution in [3.8, 4) is 0 Å². The Bertz CT molecular complexity index is 505. The molecule has 0 aliphatic rings. The molecule has 0 aromatic rings. The number of amides is 1. The van der Waals surface area contributed by atoms with E-state index in [0.29, 0.717) is 24.1 Å². The van der Waals surface area contributed by atoms with E-state index >= 15 is 0 Å². The predicted molar refractivity (Wildman–Crippen MR) is 113 cm³/mol. The van der Waals surface area contributed by atoms with Crippen molar-refractivity contribution in [2.75, 3.05) is 82.2 Å². The minimum Gasteiger partial charge on any atom is -1.00 e. The zero-order valence-corrected chi connectivity index (χ0v) is 23.2. The number of nitrogens with zero attached hydrogens (tertiary/aromatic N) is 3. The molecule has 0 bridgehead atoms. The smallest absolute Gasteiger partial charge is 0.229 e. The van der Waals surface area contributed by atoms with Gasteiger partial charge in [-0.1, -0.05) is 20.8 Å². The van der Waals surface area contributed by atoms with Crippen LogP contribution in [0.25, 0.3) is 0 Å². The highest BCUT2D eigenvalue weighted by atomic mass is 35.5. The molecule has 30 heavy (non-hydrogen) atoms. The molecule has 0 rings (SSSR count). The summed E-state index contributed by atoms with van der Waals surface area (Å²) in [6.07, 6.45) is 2.55. The lowest BCUT2D eigenvalue weighted by Gasteiger charge is -2.33. The molecule has 0 aromatic heterocycles. The maximum Gasteiger partial charge on any atom is 0.229 e. The number of hydrogen-bond acceptors (Lipinski definition) is 2. The monoisotopic (exact) mass is 492 g/mol. The summed E-state index contributed by atoms with van der Waals surface area (Å²) in [6, 6.07) is 0. The highest BCUT2D eigenvalue weighted by Crippen LogP contribution is 2.19. The third-order valence-corrected chi connectivity index (χ3v) is 5.36. The highest BCUT2D eigenvalue weighted by Gasteiger charge is 2.28. The van der Waals surface area contributed by atoms with Gasteiger partial charge in [0.15, 0.2) is 12.5 Å². The van der Waals surface area contributed by atoms with Crippen LogP contribution in [0.15, 0.2) is 0 Å². The molecule has 0 radical (unpaired) electrons. The van der Waals surface area contributed by atoms with Gasteiger partial charge in [-0.15, -0.1) is 0 Å². The van der Waals surface area contributed by atoms with Crippen LogP contribution in [0.2, 0.25) is 0 Å². The zero-order chi connectivity index (χ0) is 21.5. The Labute approximate surface area is 204 Å². The van der Waals surface area contributed by atoms with Gasteiger partial charge in [0.2, 0.25) is 5.91 Å². The first-order chi connectivity index (χ1) is 12.0. The summed E-state index contributed by atoms with van der Waals surface area (Å²) in [4.78, 5) is 24.7. The summed E-state index contributed by atoms with van der Waals surface area (Å²) in [5, 5.41) is 3.01. The molecule has 0 aliphatic heterocycles. The number of likely N-dealkylation sites (N-methyl/N-ethyl adjacent to an activating group) is 1. The van der Waals surface area contributed by atoms with E-state index in [1.54, 1.807) is 0 Å². The Kier molecular flexibility index (Phi) is 18.4. The van der Waals surface area contributed by atoms with E-state index in [9.17, 15) is 9.59 Å². The molecular weight excluding hydrogens is 447 g/mol. The minimum absolute atomic E-state index is 0. The average molecular weight is 494 g/mol. The molecule has 1 N–H and O–H groups in total. The lowest BCUT2D eigenvalue weighted by Crippen LogP contribution is -3.00. The molecule has 0 saturated carbocycles. The normalized spacial score (nSPS) is 12.2. The number of carbonyl (C=O) groups is 2. The Morgan fingerprint density at radius 1 is 0.800 bits per heavy atom. The van der Waals surface area contributed by atoms with Crippen LogP contribution in [0.1, 0.15) is 40.0 Å². The van der Waals surface area contributed by atoms with E-state index in [1.165, 1.54) is 0 Å². The Morgan fingerprint density at radius 2 is 1.30 bits per heavy atom. The molecule has 0 saturated heterocycles. The van der Waals surface area contributed by atoms with Crippen LogP contribution >= 0.6 is 0 Å². The van der Waals surface area contributed by atoms with Gasteiger partial charge < -0.3 is 56.0 Å². The molecule has 6 nitrogen and oxygen atoms in total. The number of rotatable bonds is 13. The summed E-state index contributed by atoms with van der Waals surface area (Å²) in [6.45, 7) is 9.95. The first-order valence-electron chi connectivity index (χ1n) is 10.2. The largest absolute Gasteiger partial charge is 1.00 e. The second-order valence-corrected chi connectivity index (χ2v) is 11.0. The van der Waals surface area contributed by atoms with E-state index < -0.39 is 0 Å². The Morgan fingerprint density at radius 3 is 1.73 bits per heavy atom. The molecule has 0 spiro atoms. The van der Waals surface area contributed by atoms with Gasteiger partial charge >= 0.3 is 0 Å². The van der Waals surface area contributed by atoms with Gasteiger partial charge in [-0.3, -0.25) is 9.59 Å². The summed E-state index contributed by atoms with van der Waals surface area (Å²) in [7, 11) is 15.0. The quantitative estimate of drug-likeness (QED) is 0.205. The third-order valence-electron chi connectivity index (χ3n) is 5.36. The standard InChI is InChI=1S/C21H46N4O2.3ClH/c1-11-21(2,3)20(27)22-18-25(9,10)17-19(26)13-16-24(7,8)15-12-14-23(4,5)6;;;/h11-18H2,1-10H3;3*1H/q+2;;;/p-2. The van der Waals surface area contributed by atoms with Crippen molar-refractivity contribution in [3.05, 3.63) is 0 Å². The van der Waals surface area contributed by atoms with Gasteiger partial charge in [-0.2, -0.15) is 0 Å². The predicted octanol–water partition coefficient (Wildman–Crippen LogP) is -7.28. The molecule has 0 fully saturated rings. The second kappa shape index (κ2) is 14.9. The maximum absolute atomic E-state index is 12.5. The molecule has 1 amide bonds. The summed E-state index contributed by atoms with van der Waals surface area (Å²) < 4.78 is 2.34. The maximum atomic E-state index is 12.5. The molecule has 0 heterocycles. The van der Waals surface area contributed by atoms with Crippen LogP contribution in [0.4, 0.5) is 0 Å². The zero-order valence-electron chi connectivity index (χ0n) is 20.9. The van der Waals surface area contributed by atoms with Crippen molar-refractivity contribution in [1.82, 2.24) is 5.32 Å². The summed E-state index contributed by atoms with van der Waals surface area (Å²) in [5.41, 5.74) is -0.364. The lowest BCUT2D eigenvalue weighted by atomic mass is 9.89. The van der Waals surface area contributed by atoms with Crippen LogP contribution in [0.5, 0.6) is 0 Å². The molecule has 0 aliphatic carbocycles. The number of halogens is 3. The number of Topliss-reactive ketones (excluding diaryl/α,β-unsaturated/α-hetero) is 1. The third kappa shape index (κ3) is 17.6. The van der Waals surface area contributed by atoms with E-state index in [2.05, 4.69) is 40.6 Å². The van der Waals surface area contributed by atoms with Gasteiger partial charge in [0.05, 0.1) is 75.4 Å². The van der Waals surface area contributed by atoms with Crippen molar-refractivity contribution in [2.45, 2.75) is 40.0 Å². The molecule has 0 unspecified atom stereocenters. The number of hydrogen-bond donors (Lipinski definition) is 1. The minimum atomic E-state index is -0.364. The van der Waals surface area contributed by atoms with Crippen molar-refractivity contribution < 1.29 is 60.3 Å². The second-order valence-electron chi connectivity index (χ2n) is 11.0. The molecule has 184 valence electrons. The van der Waals surface area contributed by atoms with Gasteiger partial charge in [0.1, 0.15) is 6.54 Å². The van der Waals surface area contributed by atoms with E-state index in [-0.39, 0.29) is 54.3 Å². The lowest BCUT2D eigenvalue weighted by molar-refractivity contribution is -0.902. The number of carbonyl (C=O) groups excluding carboxylic acids is 2. The molecule has 0 atom stereocenters. The van der Waals surface area contributed by atoms with Crippen molar-refractivity contribution >= 4 is 11.7 Å². The number of nitrogens with one attached hydrogen (secondary N) is 1. The SMILES string of the molecule is CCC(C)(C)C(=O)NC[N+](C)(C)CC(=O)CC[N+](C)(C)CCC[N+](C)(C)C.[Cl-].[Cl-].[Cl-]. The van der Waals surface area contributed by atoms with Gasteiger partial charge in [-0.05, 0) is 6.42 Å². The molecule has 0 aromatic carbocycles. The van der Waals surface area contributed by atoms with Crippen LogP contribution in [0, 0.1) is 5.41 Å². The Hall–Kier alpha value is -0.110. The topological polar surface area (TPSA) is 46.2 Å². The van der Waals surface area contributed by atoms with Gasteiger partial charge in [0, 0.05) is 11.8 Å². The van der Waals surface area contributed by atoms with Gasteiger partial charge in [-0.25, -0.2) is 0 Å². The van der Waals surface area contributed by atoms with Crippen LogP contribution in [-0.2, 0) is 9.59 Å². The summed E-state index contributed by atoms with van der Waals surface area (Å²) >= 11 is 0. The van der Waals surface area contributed by atoms with Crippen LogP contribution < -0.4 is 42.5 Å². The van der Waals surface area contributed by atoms with E-state index in [0.717, 1.165) is 41.4 Å². The first kappa shape index (κ1) is 37.2. The number of quaternary nitrogens is 3. The highest BCUT2D eigenvalue weighted by molar-refractivity contribution is 5.81. The fraction of sp³-hybridized carbons (Fsp3) is 0.905. The fourth-order valence-corrected chi connectivity index (χ4v) is 2.81. The Balaban J connectivity index is -0.00000113. The summed E-state index contributed by atoms with van der Waals surface area (Å²) in [5.74, 6) is 0.320. The van der Waals surface area contributed by atoms with Crippen molar-refractivity contribution in [1.29, 1.82) is 0 Å². The van der Waals surface area contributed by atoms with Gasteiger partial charge in [0.25, 0.3) is 0 Å². The molecule has 9 heteroatoms. The molecular formula is C21H47Cl3N4O2. The number of ketones is 1. The van der Waals surface area contributed by atoms with Crippen molar-refractivity contribution in [2.24, 2.45) is 5.41 Å². The van der Waals surface area contributed by atoms with E-state index in [1.807, 2.05) is 34.9 Å². The average Bonchev–Trinajstić information content (AvgIpc) is 2.49. The van der Waals surface area contributed by atoms with Crippen LogP contribution in [0.3, 0.4) is 0 Å². The first-order valence-corrected chi connectivity index (χ1v) is 10.2. The van der Waals surface area contributed by atoms with Crippen molar-refractivity contribution in [3.63, 3.8) is 0 Å². The van der Waals surface area contributed by atoms with Crippen LogP contribution in [-0.4, -0.2) is 107 Å².